The average Bonchev–Trinajstić information content (AvgIpc) is 2.46. The van der Waals surface area contributed by atoms with Gasteiger partial charge in [-0.1, -0.05) is 41.9 Å². The van der Waals surface area contributed by atoms with Crippen LogP contribution in [0.15, 0.2) is 48.5 Å². The van der Waals surface area contributed by atoms with Crippen LogP contribution in [0.4, 0.5) is 0 Å². The molecular weight excluding hydrogens is 272 g/mol. The van der Waals surface area contributed by atoms with Crippen LogP contribution in [0.25, 0.3) is 0 Å². The van der Waals surface area contributed by atoms with Gasteiger partial charge in [-0.25, -0.2) is 0 Å². The maximum absolute atomic E-state index is 11.4. The van der Waals surface area contributed by atoms with Gasteiger partial charge in [0.15, 0.2) is 0 Å². The van der Waals surface area contributed by atoms with Gasteiger partial charge in [0, 0.05) is 10.9 Å². The Morgan fingerprint density at radius 1 is 1.20 bits per heavy atom. The van der Waals surface area contributed by atoms with Gasteiger partial charge in [0.25, 0.3) is 0 Å². The lowest BCUT2D eigenvalue weighted by Gasteiger charge is -2.13. The molecule has 2 aromatic rings. The van der Waals surface area contributed by atoms with Crippen LogP contribution < -0.4 is 4.74 Å². The summed E-state index contributed by atoms with van der Waals surface area (Å²) in [4.78, 5) is 11.4. The molecule has 1 atom stereocenters. The lowest BCUT2D eigenvalue weighted by Crippen LogP contribution is -2.05. The fourth-order valence-corrected chi connectivity index (χ4v) is 2.47. The molecule has 2 nitrogen and oxygen atoms in total. The minimum Gasteiger partial charge on any atom is -0.494 e. The van der Waals surface area contributed by atoms with Crippen LogP contribution in [0.5, 0.6) is 5.75 Å². The third-order valence-electron chi connectivity index (χ3n) is 3.13. The van der Waals surface area contributed by atoms with Gasteiger partial charge in [-0.05, 0) is 42.7 Å². The molecule has 0 radical (unpaired) electrons. The molecule has 0 bridgehead atoms. The van der Waals surface area contributed by atoms with E-state index in [1.165, 1.54) is 0 Å². The molecule has 104 valence electrons. The minimum absolute atomic E-state index is 0.236. The molecule has 0 amide bonds. The van der Waals surface area contributed by atoms with E-state index in [0.29, 0.717) is 18.1 Å². The second-order valence-electron chi connectivity index (χ2n) is 4.55. The minimum atomic E-state index is -0.236. The molecule has 0 aliphatic carbocycles. The summed E-state index contributed by atoms with van der Waals surface area (Å²) >= 11 is 6.16. The first-order valence-electron chi connectivity index (χ1n) is 6.66. The maximum Gasteiger partial charge on any atom is 0.127 e. The fourth-order valence-electron chi connectivity index (χ4n) is 2.19. The van der Waals surface area contributed by atoms with Crippen molar-refractivity contribution in [3.05, 3.63) is 64.7 Å². The van der Waals surface area contributed by atoms with Gasteiger partial charge in [-0.3, -0.25) is 0 Å². The van der Waals surface area contributed by atoms with E-state index >= 15 is 0 Å². The van der Waals surface area contributed by atoms with Crippen molar-refractivity contribution >= 4 is 17.9 Å². The maximum atomic E-state index is 11.4. The van der Waals surface area contributed by atoms with Gasteiger partial charge >= 0.3 is 0 Å². The fraction of sp³-hybridized carbons (Fsp3) is 0.235. The van der Waals surface area contributed by atoms with Crippen LogP contribution in [-0.2, 0) is 11.2 Å². The highest BCUT2D eigenvalue weighted by Gasteiger charge is 2.14. The molecule has 0 saturated heterocycles. The Hall–Kier alpha value is -1.80. The van der Waals surface area contributed by atoms with Crippen molar-refractivity contribution < 1.29 is 9.53 Å². The van der Waals surface area contributed by atoms with E-state index in [0.717, 1.165) is 23.2 Å². The van der Waals surface area contributed by atoms with E-state index in [9.17, 15) is 4.79 Å². The quantitative estimate of drug-likeness (QED) is 0.742. The van der Waals surface area contributed by atoms with Crippen molar-refractivity contribution in [2.45, 2.75) is 19.3 Å². The number of aldehydes is 1. The van der Waals surface area contributed by atoms with E-state index in [1.807, 2.05) is 55.5 Å². The van der Waals surface area contributed by atoms with E-state index in [2.05, 4.69) is 0 Å². The smallest absolute Gasteiger partial charge is 0.127 e. The molecule has 2 rings (SSSR count). The van der Waals surface area contributed by atoms with Crippen LogP contribution in [0.3, 0.4) is 0 Å². The summed E-state index contributed by atoms with van der Waals surface area (Å²) in [7, 11) is 0. The Morgan fingerprint density at radius 2 is 2.00 bits per heavy atom. The number of carbonyl (C=O) groups is 1. The summed E-state index contributed by atoms with van der Waals surface area (Å²) in [6.07, 6.45) is 1.57. The number of rotatable bonds is 6. The zero-order valence-corrected chi connectivity index (χ0v) is 12.1. The molecule has 3 heteroatoms. The molecule has 0 saturated carbocycles. The summed E-state index contributed by atoms with van der Waals surface area (Å²) in [5.74, 6) is 0.592. The summed E-state index contributed by atoms with van der Waals surface area (Å²) in [5, 5.41) is 0.630. The molecule has 0 spiro atoms. The van der Waals surface area contributed by atoms with Gasteiger partial charge in [0.2, 0.25) is 0 Å². The predicted octanol–water partition coefficient (Wildman–Crippen LogP) is 4.26. The Morgan fingerprint density at radius 3 is 2.70 bits per heavy atom. The lowest BCUT2D eigenvalue weighted by molar-refractivity contribution is -0.109. The summed E-state index contributed by atoms with van der Waals surface area (Å²) in [6, 6.07) is 15.3. The summed E-state index contributed by atoms with van der Waals surface area (Å²) < 4.78 is 5.48. The summed E-state index contributed by atoms with van der Waals surface area (Å²) in [5.41, 5.74) is 1.93. The van der Waals surface area contributed by atoms with E-state index in [4.69, 9.17) is 16.3 Å². The van der Waals surface area contributed by atoms with Gasteiger partial charge in [0.05, 0.1) is 6.61 Å². The second-order valence-corrected chi connectivity index (χ2v) is 4.96. The summed E-state index contributed by atoms with van der Waals surface area (Å²) in [6.45, 7) is 2.58. The van der Waals surface area contributed by atoms with Gasteiger partial charge in [-0.2, -0.15) is 0 Å². The van der Waals surface area contributed by atoms with Crippen LogP contribution in [-0.4, -0.2) is 12.9 Å². The van der Waals surface area contributed by atoms with Gasteiger partial charge in [0.1, 0.15) is 12.0 Å². The molecule has 2 aromatic carbocycles. The SMILES string of the molecule is CCOc1cccc(CC(C=O)c2ccccc2Cl)c1. The number of carbonyl (C=O) groups excluding carboxylic acids is 1. The first kappa shape index (κ1) is 14.6. The predicted molar refractivity (Wildman–Crippen MR) is 81.6 cm³/mol. The van der Waals surface area contributed by atoms with Crippen molar-refractivity contribution in [3.8, 4) is 5.75 Å². The monoisotopic (exact) mass is 288 g/mol. The van der Waals surface area contributed by atoms with E-state index in [1.54, 1.807) is 0 Å². The van der Waals surface area contributed by atoms with Gasteiger partial charge in [-0.15, -0.1) is 0 Å². The first-order chi connectivity index (χ1) is 9.74. The molecule has 0 fully saturated rings. The van der Waals surface area contributed by atoms with Crippen LogP contribution in [0, 0.1) is 0 Å². The molecule has 0 heterocycles. The van der Waals surface area contributed by atoms with Gasteiger partial charge < -0.3 is 9.53 Å². The number of hydrogen-bond donors (Lipinski definition) is 0. The van der Waals surface area contributed by atoms with Crippen LogP contribution in [0.1, 0.15) is 24.0 Å². The van der Waals surface area contributed by atoms with Crippen molar-refractivity contribution in [1.29, 1.82) is 0 Å². The molecule has 20 heavy (non-hydrogen) atoms. The van der Waals surface area contributed by atoms with Crippen molar-refractivity contribution in [2.24, 2.45) is 0 Å². The second kappa shape index (κ2) is 7.11. The Balaban J connectivity index is 2.20. The van der Waals surface area contributed by atoms with Crippen molar-refractivity contribution in [2.75, 3.05) is 6.61 Å². The molecular formula is C17H17ClO2. The van der Waals surface area contributed by atoms with Crippen molar-refractivity contribution in [1.82, 2.24) is 0 Å². The molecule has 1 unspecified atom stereocenters. The van der Waals surface area contributed by atoms with Crippen LogP contribution >= 0.6 is 11.6 Å². The molecule has 0 aliphatic rings. The van der Waals surface area contributed by atoms with E-state index < -0.39 is 0 Å². The van der Waals surface area contributed by atoms with Crippen molar-refractivity contribution in [3.63, 3.8) is 0 Å². The third-order valence-corrected chi connectivity index (χ3v) is 3.48. The number of benzene rings is 2. The first-order valence-corrected chi connectivity index (χ1v) is 7.04. The van der Waals surface area contributed by atoms with E-state index in [-0.39, 0.29) is 5.92 Å². The molecule has 0 aromatic heterocycles. The highest BCUT2D eigenvalue weighted by molar-refractivity contribution is 6.31. The largest absolute Gasteiger partial charge is 0.494 e. The average molecular weight is 289 g/mol. The topological polar surface area (TPSA) is 26.3 Å². The third kappa shape index (κ3) is 3.61. The zero-order chi connectivity index (χ0) is 14.4. The lowest BCUT2D eigenvalue weighted by atomic mass is 9.93. The highest BCUT2D eigenvalue weighted by Crippen LogP contribution is 2.27. The van der Waals surface area contributed by atoms with Crippen LogP contribution in [0.2, 0.25) is 5.02 Å². The number of ether oxygens (including phenoxy) is 1. The molecule has 0 N–H and O–H groups in total. The zero-order valence-electron chi connectivity index (χ0n) is 11.4. The molecule has 0 aliphatic heterocycles. The standard InChI is InChI=1S/C17H17ClO2/c1-2-20-15-7-5-6-13(11-15)10-14(12-19)16-8-3-4-9-17(16)18/h3-9,11-12,14H,2,10H2,1H3. The number of halogens is 1. The number of hydrogen-bond acceptors (Lipinski definition) is 2. The Labute approximate surface area is 124 Å². The normalized spacial score (nSPS) is 11.9. The Kier molecular flexibility index (Phi) is 5.19. The highest BCUT2D eigenvalue weighted by atomic mass is 35.5. The Bertz CT molecular complexity index is 581.